The molecule has 0 N–H and O–H groups in total. The molecule has 24 heavy (non-hydrogen) atoms. The van der Waals surface area contributed by atoms with Gasteiger partial charge in [0.05, 0.1) is 5.69 Å². The van der Waals surface area contributed by atoms with Gasteiger partial charge >= 0.3 is 0 Å². The van der Waals surface area contributed by atoms with E-state index in [9.17, 15) is 0 Å². The predicted molar refractivity (Wildman–Crippen MR) is 102 cm³/mol. The Morgan fingerprint density at radius 2 is 1.42 bits per heavy atom. The SMILES string of the molecule is CC(=Nc1ccccc1)c1ccccc1C1C=Cc2ccccc21. The Balaban J connectivity index is 1.77. The van der Waals surface area contributed by atoms with Crippen molar-refractivity contribution in [1.29, 1.82) is 0 Å². The molecule has 3 aromatic rings. The molecule has 3 aromatic carbocycles. The van der Waals surface area contributed by atoms with Crippen molar-refractivity contribution in [2.45, 2.75) is 12.8 Å². The third-order valence-electron chi connectivity index (χ3n) is 4.54. The van der Waals surface area contributed by atoms with Gasteiger partial charge < -0.3 is 0 Å². The monoisotopic (exact) mass is 309 g/mol. The Morgan fingerprint density at radius 1 is 0.750 bits per heavy atom. The van der Waals surface area contributed by atoms with E-state index < -0.39 is 0 Å². The zero-order valence-electron chi connectivity index (χ0n) is 13.7. The largest absolute Gasteiger partial charge is 0.253 e. The Hall–Kier alpha value is -2.93. The fraction of sp³-hybridized carbons (Fsp3) is 0.0870. The van der Waals surface area contributed by atoms with Crippen molar-refractivity contribution in [3.63, 3.8) is 0 Å². The van der Waals surface area contributed by atoms with E-state index in [1.165, 1.54) is 22.3 Å². The first-order valence-electron chi connectivity index (χ1n) is 8.30. The van der Waals surface area contributed by atoms with Crippen LogP contribution in [-0.4, -0.2) is 5.71 Å². The van der Waals surface area contributed by atoms with E-state index in [1.54, 1.807) is 0 Å². The summed E-state index contributed by atoms with van der Waals surface area (Å²) in [6.45, 7) is 2.09. The lowest BCUT2D eigenvalue weighted by Crippen LogP contribution is -2.05. The van der Waals surface area contributed by atoms with Crippen LogP contribution in [0, 0.1) is 0 Å². The molecule has 0 saturated heterocycles. The van der Waals surface area contributed by atoms with Crippen LogP contribution in [0.3, 0.4) is 0 Å². The molecule has 1 atom stereocenters. The summed E-state index contributed by atoms with van der Waals surface area (Å²) in [5.74, 6) is 0.304. The first-order valence-corrected chi connectivity index (χ1v) is 8.30. The van der Waals surface area contributed by atoms with Crippen LogP contribution in [0.15, 0.2) is 89.9 Å². The highest BCUT2D eigenvalue weighted by Crippen LogP contribution is 2.37. The lowest BCUT2D eigenvalue weighted by atomic mass is 9.88. The number of hydrogen-bond acceptors (Lipinski definition) is 1. The standard InChI is InChI=1S/C23H19N/c1-17(24-19-10-3-2-4-11-19)20-12-7-8-14-22(20)23-16-15-18-9-5-6-13-21(18)23/h2-16,23H,1H3. The molecule has 0 fully saturated rings. The van der Waals surface area contributed by atoms with E-state index in [1.807, 2.05) is 30.3 Å². The smallest absolute Gasteiger partial charge is 0.0633 e. The second-order valence-corrected chi connectivity index (χ2v) is 6.09. The maximum atomic E-state index is 4.81. The predicted octanol–water partition coefficient (Wildman–Crippen LogP) is 5.99. The molecule has 0 spiro atoms. The van der Waals surface area contributed by atoms with Gasteiger partial charge in [0.2, 0.25) is 0 Å². The van der Waals surface area contributed by atoms with E-state index in [0.717, 1.165) is 11.4 Å². The number of benzene rings is 3. The van der Waals surface area contributed by atoms with Gasteiger partial charge in [-0.15, -0.1) is 0 Å². The summed E-state index contributed by atoms with van der Waals surface area (Å²) in [5.41, 5.74) is 7.26. The first-order chi connectivity index (χ1) is 11.8. The van der Waals surface area contributed by atoms with Crippen molar-refractivity contribution in [2.24, 2.45) is 4.99 Å². The van der Waals surface area contributed by atoms with E-state index in [-0.39, 0.29) is 0 Å². The molecule has 1 unspecified atom stereocenters. The maximum absolute atomic E-state index is 4.81. The molecule has 0 aliphatic heterocycles. The van der Waals surface area contributed by atoms with Crippen LogP contribution in [-0.2, 0) is 0 Å². The van der Waals surface area contributed by atoms with Gasteiger partial charge in [-0.1, -0.05) is 78.9 Å². The summed E-state index contributed by atoms with van der Waals surface area (Å²) in [6.07, 6.45) is 4.51. The molecule has 1 aliphatic carbocycles. The topological polar surface area (TPSA) is 12.4 Å². The molecule has 0 heterocycles. The van der Waals surface area contributed by atoms with E-state index in [2.05, 4.69) is 67.6 Å². The number of hydrogen-bond donors (Lipinski definition) is 0. The molecule has 4 rings (SSSR count). The average Bonchev–Trinajstić information content (AvgIpc) is 3.06. The molecule has 0 radical (unpaired) electrons. The summed E-state index contributed by atoms with van der Waals surface area (Å²) in [7, 11) is 0. The highest BCUT2D eigenvalue weighted by atomic mass is 14.7. The van der Waals surface area contributed by atoms with Gasteiger partial charge in [0.1, 0.15) is 0 Å². The van der Waals surface area contributed by atoms with Crippen molar-refractivity contribution in [3.05, 3.63) is 107 Å². The fourth-order valence-corrected chi connectivity index (χ4v) is 3.37. The Bertz CT molecular complexity index is 920. The van der Waals surface area contributed by atoms with Gasteiger partial charge in [-0.3, -0.25) is 4.99 Å². The molecule has 0 saturated carbocycles. The van der Waals surface area contributed by atoms with E-state index in [0.29, 0.717) is 5.92 Å². The van der Waals surface area contributed by atoms with Gasteiger partial charge in [-0.2, -0.15) is 0 Å². The molecule has 0 bridgehead atoms. The van der Waals surface area contributed by atoms with E-state index in [4.69, 9.17) is 4.99 Å². The van der Waals surface area contributed by atoms with Crippen LogP contribution in [0.2, 0.25) is 0 Å². The van der Waals surface area contributed by atoms with E-state index >= 15 is 0 Å². The van der Waals surface area contributed by atoms with Gasteiger partial charge in [0, 0.05) is 11.6 Å². The molecule has 1 heteroatoms. The minimum Gasteiger partial charge on any atom is -0.253 e. The quantitative estimate of drug-likeness (QED) is 0.527. The summed E-state index contributed by atoms with van der Waals surface area (Å²) < 4.78 is 0. The van der Waals surface area contributed by atoms with Crippen LogP contribution < -0.4 is 0 Å². The molecular weight excluding hydrogens is 290 g/mol. The summed E-state index contributed by atoms with van der Waals surface area (Å²) in [5, 5.41) is 0. The number of rotatable bonds is 3. The minimum atomic E-state index is 0.304. The Morgan fingerprint density at radius 3 is 2.25 bits per heavy atom. The van der Waals surface area contributed by atoms with Crippen LogP contribution >= 0.6 is 0 Å². The molecule has 116 valence electrons. The normalized spacial score (nSPS) is 16.2. The third-order valence-corrected chi connectivity index (χ3v) is 4.54. The minimum absolute atomic E-state index is 0.304. The van der Waals surface area contributed by atoms with Gasteiger partial charge in [0.25, 0.3) is 0 Å². The van der Waals surface area contributed by atoms with Crippen molar-refractivity contribution >= 4 is 17.5 Å². The summed E-state index contributed by atoms with van der Waals surface area (Å²) in [6, 6.07) is 27.4. The number of fused-ring (bicyclic) bond motifs is 1. The molecule has 1 aliphatic rings. The number of para-hydroxylation sites is 1. The molecule has 0 aromatic heterocycles. The average molecular weight is 309 g/mol. The van der Waals surface area contributed by atoms with Crippen LogP contribution in [0.5, 0.6) is 0 Å². The highest BCUT2D eigenvalue weighted by Gasteiger charge is 2.21. The molecular formula is C23H19N. The number of nitrogens with zero attached hydrogens (tertiary/aromatic N) is 1. The summed E-state index contributed by atoms with van der Waals surface area (Å²) in [4.78, 5) is 4.81. The van der Waals surface area contributed by atoms with Crippen molar-refractivity contribution in [3.8, 4) is 0 Å². The summed E-state index contributed by atoms with van der Waals surface area (Å²) >= 11 is 0. The number of aliphatic imine (C=N–C) groups is 1. The zero-order valence-corrected chi connectivity index (χ0v) is 13.7. The van der Waals surface area contributed by atoms with Crippen molar-refractivity contribution in [2.75, 3.05) is 0 Å². The molecule has 0 amide bonds. The van der Waals surface area contributed by atoms with Gasteiger partial charge in [0.15, 0.2) is 0 Å². The fourth-order valence-electron chi connectivity index (χ4n) is 3.37. The zero-order chi connectivity index (χ0) is 16.4. The Labute approximate surface area is 143 Å². The molecule has 1 nitrogen and oxygen atoms in total. The highest BCUT2D eigenvalue weighted by molar-refractivity contribution is 6.02. The van der Waals surface area contributed by atoms with Gasteiger partial charge in [-0.25, -0.2) is 0 Å². The lowest BCUT2D eigenvalue weighted by Gasteiger charge is -2.16. The lowest BCUT2D eigenvalue weighted by molar-refractivity contribution is 1.04. The van der Waals surface area contributed by atoms with Gasteiger partial charge in [-0.05, 0) is 41.3 Å². The third kappa shape index (κ3) is 2.69. The second-order valence-electron chi connectivity index (χ2n) is 6.09. The van der Waals surface area contributed by atoms with Crippen LogP contribution in [0.4, 0.5) is 5.69 Å². The Kier molecular flexibility index (Phi) is 3.84. The second kappa shape index (κ2) is 6.29. The van der Waals surface area contributed by atoms with Crippen molar-refractivity contribution < 1.29 is 0 Å². The van der Waals surface area contributed by atoms with Crippen LogP contribution in [0.1, 0.15) is 35.1 Å². The number of allylic oxidation sites excluding steroid dienone is 1. The van der Waals surface area contributed by atoms with Crippen molar-refractivity contribution in [1.82, 2.24) is 0 Å². The first kappa shape index (κ1) is 14.6. The van der Waals surface area contributed by atoms with Crippen LogP contribution in [0.25, 0.3) is 6.08 Å². The maximum Gasteiger partial charge on any atom is 0.0633 e.